The number of pyridine rings is 1. The molecule has 4 heterocycles. The monoisotopic (exact) mass is 390 g/mol. The molecule has 2 aliphatic rings. The summed E-state index contributed by atoms with van der Waals surface area (Å²) in [5.41, 5.74) is 2.22. The molecule has 0 unspecified atom stereocenters. The molecule has 0 atom stereocenters. The summed E-state index contributed by atoms with van der Waals surface area (Å²) < 4.78 is 11.9. The molecule has 2 aromatic heterocycles. The highest BCUT2D eigenvalue weighted by atomic mass is 32.1. The lowest BCUT2D eigenvalue weighted by atomic mass is 10.0. The summed E-state index contributed by atoms with van der Waals surface area (Å²) in [6.07, 6.45) is 4.36. The maximum absolute atomic E-state index is 12.8. The van der Waals surface area contributed by atoms with E-state index >= 15 is 0 Å². The van der Waals surface area contributed by atoms with Gasteiger partial charge in [-0.2, -0.15) is 0 Å². The highest BCUT2D eigenvalue weighted by Gasteiger charge is 2.33. The van der Waals surface area contributed by atoms with Crippen LogP contribution in [0.1, 0.15) is 26.5 Å². The van der Waals surface area contributed by atoms with Crippen molar-refractivity contribution in [2.75, 3.05) is 13.3 Å². The fraction of sp³-hybridized carbons (Fsp3) is 0.182. The number of hydrogen-bond donors (Lipinski definition) is 0. The lowest BCUT2D eigenvalue weighted by Gasteiger charge is -2.29. The van der Waals surface area contributed by atoms with Crippen LogP contribution in [0, 0.1) is 0 Å². The van der Waals surface area contributed by atoms with E-state index in [0.717, 1.165) is 24.3 Å². The van der Waals surface area contributed by atoms with Crippen LogP contribution >= 0.6 is 11.3 Å². The van der Waals surface area contributed by atoms with Crippen LogP contribution in [0.5, 0.6) is 11.5 Å². The van der Waals surface area contributed by atoms with Gasteiger partial charge in [-0.25, -0.2) is 0 Å². The summed E-state index contributed by atoms with van der Waals surface area (Å²) in [6, 6.07) is 13.4. The first-order valence-corrected chi connectivity index (χ1v) is 10.0. The van der Waals surface area contributed by atoms with Crippen molar-refractivity contribution in [3.8, 4) is 11.5 Å². The van der Waals surface area contributed by atoms with E-state index in [1.165, 1.54) is 4.88 Å². The summed E-state index contributed by atoms with van der Waals surface area (Å²) in [5, 5.41) is 2.10. The molecule has 0 aliphatic carbocycles. The molecule has 0 fully saturated rings. The first kappa shape index (κ1) is 17.2. The topological polar surface area (TPSA) is 51.7 Å². The predicted octanol–water partition coefficient (Wildman–Crippen LogP) is 4.15. The number of nitrogens with zero attached hydrogens (tertiary/aromatic N) is 2. The van der Waals surface area contributed by atoms with Crippen LogP contribution in [0.4, 0.5) is 0 Å². The van der Waals surface area contributed by atoms with Gasteiger partial charge in [-0.05, 0) is 42.1 Å². The molecule has 0 radical (unpaired) electrons. The van der Waals surface area contributed by atoms with Crippen molar-refractivity contribution in [2.24, 2.45) is 0 Å². The Bertz CT molecular complexity index is 1050. The molecular formula is C22H18N2O3S. The molecule has 6 heteroatoms. The Balaban J connectivity index is 1.39. The molecule has 0 amide bonds. The predicted molar refractivity (Wildman–Crippen MR) is 108 cm³/mol. The Labute approximate surface area is 166 Å². The van der Waals surface area contributed by atoms with E-state index in [9.17, 15) is 4.79 Å². The lowest BCUT2D eigenvalue weighted by Crippen LogP contribution is -2.33. The quantitative estimate of drug-likeness (QED) is 0.627. The fourth-order valence-electron chi connectivity index (χ4n) is 3.47. The van der Waals surface area contributed by atoms with Crippen molar-refractivity contribution < 1.29 is 14.3 Å². The molecule has 5 nitrogen and oxygen atoms in total. The van der Waals surface area contributed by atoms with E-state index in [-0.39, 0.29) is 5.78 Å². The van der Waals surface area contributed by atoms with Crippen LogP contribution in [0.15, 0.2) is 59.8 Å². The van der Waals surface area contributed by atoms with E-state index in [0.29, 0.717) is 36.0 Å². The largest absolute Gasteiger partial charge is 0.478 e. The maximum atomic E-state index is 12.8. The summed E-state index contributed by atoms with van der Waals surface area (Å²) in [5.74, 6) is 1.60. The number of carbonyl (C=O) groups excluding carboxylic acids is 1. The third-order valence-corrected chi connectivity index (χ3v) is 5.84. The number of fused-ring (bicyclic) bond motifs is 3. The van der Waals surface area contributed by atoms with Gasteiger partial charge in [-0.1, -0.05) is 12.1 Å². The maximum Gasteiger partial charge on any atom is 0.232 e. The van der Waals surface area contributed by atoms with Crippen LogP contribution in [0.3, 0.4) is 0 Å². The van der Waals surface area contributed by atoms with Gasteiger partial charge in [0, 0.05) is 30.2 Å². The van der Waals surface area contributed by atoms with Gasteiger partial charge in [0.05, 0.1) is 16.8 Å². The molecule has 0 N–H and O–H groups in total. The number of carbonyl (C=O) groups is 1. The van der Waals surface area contributed by atoms with Gasteiger partial charge in [-0.15, -0.1) is 11.3 Å². The van der Waals surface area contributed by atoms with Gasteiger partial charge in [0.2, 0.25) is 5.78 Å². The molecule has 2 aliphatic heterocycles. The van der Waals surface area contributed by atoms with Crippen LogP contribution in [-0.4, -0.2) is 28.9 Å². The molecule has 0 saturated carbocycles. The summed E-state index contributed by atoms with van der Waals surface area (Å²) in [6.45, 7) is 2.14. The minimum Gasteiger partial charge on any atom is -0.478 e. The van der Waals surface area contributed by atoms with Gasteiger partial charge in [-0.3, -0.25) is 14.7 Å². The number of hydrogen-bond acceptors (Lipinski definition) is 6. The number of aromatic nitrogens is 1. The van der Waals surface area contributed by atoms with Gasteiger partial charge in [0.15, 0.2) is 5.76 Å². The summed E-state index contributed by atoms with van der Waals surface area (Å²) in [7, 11) is 0. The van der Waals surface area contributed by atoms with Crippen LogP contribution in [0.2, 0.25) is 0 Å². The fourth-order valence-corrected chi connectivity index (χ4v) is 4.16. The van der Waals surface area contributed by atoms with E-state index in [1.54, 1.807) is 29.7 Å². The molecule has 28 heavy (non-hydrogen) atoms. The van der Waals surface area contributed by atoms with Crippen LogP contribution in [0.25, 0.3) is 6.08 Å². The number of allylic oxidation sites excluding steroid dienone is 1. The van der Waals surface area contributed by atoms with E-state index in [1.807, 2.05) is 24.3 Å². The lowest BCUT2D eigenvalue weighted by molar-refractivity contribution is 0.0951. The Morgan fingerprint density at radius 2 is 2.14 bits per heavy atom. The summed E-state index contributed by atoms with van der Waals surface area (Å²) >= 11 is 1.77. The molecular weight excluding hydrogens is 372 g/mol. The number of rotatable bonds is 4. The second-order valence-corrected chi connectivity index (χ2v) is 7.80. The van der Waals surface area contributed by atoms with Crippen molar-refractivity contribution in [3.63, 3.8) is 0 Å². The molecule has 3 aromatic rings. The Morgan fingerprint density at radius 3 is 2.96 bits per heavy atom. The van der Waals surface area contributed by atoms with E-state index < -0.39 is 0 Å². The second kappa shape index (κ2) is 7.22. The minimum atomic E-state index is -0.112. The van der Waals surface area contributed by atoms with E-state index in [4.69, 9.17) is 9.47 Å². The highest BCUT2D eigenvalue weighted by Crippen LogP contribution is 2.41. The van der Waals surface area contributed by atoms with Crippen molar-refractivity contribution >= 4 is 23.2 Å². The number of Topliss-reactive ketones (excluding diaryl/α,β-unsaturated/α-hetero) is 1. The standard InChI is InChI=1S/C22H18N2O3S/c25-21-17-6-7-19-18(13-24(14-26-19)10-8-16-5-3-11-28-16)22(17)27-20(21)12-15-4-1-2-9-23-15/h1-7,9,11-12H,8,10,13-14H2/b20-12-. The van der Waals surface area contributed by atoms with Crippen LogP contribution < -0.4 is 9.47 Å². The zero-order valence-corrected chi connectivity index (χ0v) is 15.9. The minimum absolute atomic E-state index is 0.112. The average molecular weight is 390 g/mol. The van der Waals surface area contributed by atoms with Crippen molar-refractivity contribution in [2.45, 2.75) is 13.0 Å². The Kier molecular flexibility index (Phi) is 4.43. The smallest absolute Gasteiger partial charge is 0.232 e. The van der Waals surface area contributed by atoms with Crippen molar-refractivity contribution in [1.82, 2.24) is 9.88 Å². The van der Waals surface area contributed by atoms with Crippen molar-refractivity contribution in [1.29, 1.82) is 0 Å². The molecule has 140 valence electrons. The Hall–Kier alpha value is -2.96. The average Bonchev–Trinajstić information content (AvgIpc) is 3.36. The van der Waals surface area contributed by atoms with Crippen molar-refractivity contribution in [3.05, 3.63) is 81.5 Å². The number of benzene rings is 1. The first-order chi connectivity index (χ1) is 13.8. The molecule has 0 bridgehead atoms. The van der Waals surface area contributed by atoms with Gasteiger partial charge in [0.25, 0.3) is 0 Å². The molecule has 0 saturated heterocycles. The number of ketones is 1. The zero-order valence-electron chi connectivity index (χ0n) is 15.1. The zero-order chi connectivity index (χ0) is 18.9. The SMILES string of the molecule is O=C1/C(=C/c2ccccn2)Oc2c1ccc1c2CN(CCc2cccs2)CO1. The van der Waals surface area contributed by atoms with Crippen LogP contribution in [-0.2, 0) is 13.0 Å². The van der Waals surface area contributed by atoms with Gasteiger partial charge < -0.3 is 9.47 Å². The molecule has 0 spiro atoms. The first-order valence-electron chi connectivity index (χ1n) is 9.16. The normalized spacial score (nSPS) is 17.1. The molecule has 5 rings (SSSR count). The third kappa shape index (κ3) is 3.21. The molecule has 1 aromatic carbocycles. The number of thiophene rings is 1. The second-order valence-electron chi connectivity index (χ2n) is 6.77. The third-order valence-electron chi connectivity index (χ3n) is 4.90. The Morgan fingerprint density at radius 1 is 1.18 bits per heavy atom. The van der Waals surface area contributed by atoms with Gasteiger partial charge in [0.1, 0.15) is 18.2 Å². The van der Waals surface area contributed by atoms with Gasteiger partial charge >= 0.3 is 0 Å². The number of ether oxygens (including phenoxy) is 2. The summed E-state index contributed by atoms with van der Waals surface area (Å²) in [4.78, 5) is 20.6. The highest BCUT2D eigenvalue weighted by molar-refractivity contribution is 7.09. The van der Waals surface area contributed by atoms with E-state index in [2.05, 4.69) is 27.4 Å².